The molecule has 1 unspecified atom stereocenters. The highest BCUT2D eigenvalue weighted by molar-refractivity contribution is 5.94. The summed E-state index contributed by atoms with van der Waals surface area (Å²) in [5.74, 6) is 0.621. The van der Waals surface area contributed by atoms with Gasteiger partial charge in [0.2, 0.25) is 5.90 Å². The summed E-state index contributed by atoms with van der Waals surface area (Å²) in [6.07, 6.45) is 4.14. The van der Waals surface area contributed by atoms with Crippen LogP contribution in [0.3, 0.4) is 0 Å². The molecule has 0 amide bonds. The van der Waals surface area contributed by atoms with Gasteiger partial charge >= 0.3 is 0 Å². The van der Waals surface area contributed by atoms with Crippen molar-refractivity contribution in [2.45, 2.75) is 32.7 Å². The van der Waals surface area contributed by atoms with Crippen LogP contribution in [0.4, 0.5) is 0 Å². The highest BCUT2D eigenvalue weighted by atomic mass is 16.5. The van der Waals surface area contributed by atoms with Gasteiger partial charge in [-0.05, 0) is 19.4 Å². The average Bonchev–Trinajstić information content (AvgIpc) is 2.34. The molecule has 0 fully saturated rings. The molecule has 1 rings (SSSR count). The van der Waals surface area contributed by atoms with Crippen molar-refractivity contribution < 1.29 is 4.74 Å². The molecular formula is C9H16N2O. The number of ether oxygens (including phenoxy) is 1. The van der Waals surface area contributed by atoms with Gasteiger partial charge in [0.05, 0.1) is 18.3 Å². The van der Waals surface area contributed by atoms with Crippen molar-refractivity contribution in [1.29, 1.82) is 0 Å². The van der Waals surface area contributed by atoms with Gasteiger partial charge in [-0.1, -0.05) is 13.3 Å². The van der Waals surface area contributed by atoms with Crippen molar-refractivity contribution in [2.75, 3.05) is 6.61 Å². The Kier molecular flexibility index (Phi) is 3.14. The largest absolute Gasteiger partial charge is 0.477 e. The van der Waals surface area contributed by atoms with E-state index in [1.54, 1.807) is 0 Å². The maximum atomic E-state index is 5.69. The molecule has 3 nitrogen and oxygen atoms in total. The number of hydrogen-bond acceptors (Lipinski definition) is 3. The van der Waals surface area contributed by atoms with E-state index >= 15 is 0 Å². The van der Waals surface area contributed by atoms with Crippen LogP contribution in [0.15, 0.2) is 16.8 Å². The topological polar surface area (TPSA) is 47.6 Å². The average molecular weight is 168 g/mol. The lowest BCUT2D eigenvalue weighted by molar-refractivity contribution is 0.326. The second-order valence-electron chi connectivity index (χ2n) is 2.85. The third-order valence-electron chi connectivity index (χ3n) is 1.77. The zero-order valence-electron chi connectivity index (χ0n) is 7.71. The Bertz CT molecular complexity index is 209. The van der Waals surface area contributed by atoms with Crippen molar-refractivity contribution >= 4 is 5.90 Å². The lowest BCUT2D eigenvalue weighted by Crippen LogP contribution is -2.11. The Morgan fingerprint density at radius 3 is 2.92 bits per heavy atom. The third-order valence-corrected chi connectivity index (χ3v) is 1.77. The number of aliphatic imine (C=N–C) groups is 1. The first-order chi connectivity index (χ1) is 5.77. The zero-order valence-corrected chi connectivity index (χ0v) is 7.71. The van der Waals surface area contributed by atoms with E-state index < -0.39 is 0 Å². The predicted molar refractivity (Wildman–Crippen MR) is 50.0 cm³/mol. The van der Waals surface area contributed by atoms with E-state index in [9.17, 15) is 0 Å². The lowest BCUT2D eigenvalue weighted by atomic mass is 10.2. The van der Waals surface area contributed by atoms with Gasteiger partial charge in [0.15, 0.2) is 0 Å². The first-order valence-electron chi connectivity index (χ1n) is 4.46. The summed E-state index contributed by atoms with van der Waals surface area (Å²) in [6.45, 7) is 4.70. The van der Waals surface area contributed by atoms with E-state index in [1.807, 2.05) is 13.0 Å². The third kappa shape index (κ3) is 2.00. The number of hydrogen-bond donors (Lipinski definition) is 1. The van der Waals surface area contributed by atoms with E-state index in [4.69, 9.17) is 10.5 Å². The molecule has 0 saturated heterocycles. The fraction of sp³-hybridized carbons (Fsp3) is 0.667. The summed E-state index contributed by atoms with van der Waals surface area (Å²) in [5.41, 5.74) is 6.38. The van der Waals surface area contributed by atoms with E-state index in [2.05, 4.69) is 11.9 Å². The van der Waals surface area contributed by atoms with Gasteiger partial charge in [0.25, 0.3) is 0 Å². The molecule has 0 aliphatic carbocycles. The molecule has 0 bridgehead atoms. The van der Waals surface area contributed by atoms with Gasteiger partial charge in [-0.25, -0.2) is 4.99 Å². The molecule has 68 valence electrons. The van der Waals surface area contributed by atoms with Crippen LogP contribution in [0.25, 0.3) is 0 Å². The molecule has 0 spiro atoms. The second kappa shape index (κ2) is 4.14. The first kappa shape index (κ1) is 9.10. The van der Waals surface area contributed by atoms with Gasteiger partial charge in [-0.3, -0.25) is 0 Å². The molecule has 2 N–H and O–H groups in total. The van der Waals surface area contributed by atoms with Crippen LogP contribution in [-0.4, -0.2) is 18.5 Å². The summed E-state index contributed by atoms with van der Waals surface area (Å²) in [7, 11) is 0. The monoisotopic (exact) mass is 168 g/mol. The summed E-state index contributed by atoms with van der Waals surface area (Å²) < 4.78 is 5.25. The van der Waals surface area contributed by atoms with Crippen LogP contribution in [0.2, 0.25) is 0 Å². The molecule has 1 aliphatic heterocycles. The minimum absolute atomic E-state index is 0.247. The van der Waals surface area contributed by atoms with Crippen molar-refractivity contribution in [3.8, 4) is 0 Å². The molecule has 0 aromatic carbocycles. The van der Waals surface area contributed by atoms with Crippen LogP contribution in [0, 0.1) is 0 Å². The SMILES string of the molecule is CCCC1C=C(N)C(OCC)=N1. The maximum absolute atomic E-state index is 5.69. The standard InChI is InChI=1S/C9H16N2O/c1-3-5-7-6-8(10)9(11-7)12-4-2/h6-7H,3-5,10H2,1-2H3. The molecule has 0 radical (unpaired) electrons. The number of nitrogens with zero attached hydrogens (tertiary/aromatic N) is 1. The molecule has 0 saturated carbocycles. The molecule has 1 heterocycles. The Hall–Kier alpha value is -0.990. The molecular weight excluding hydrogens is 152 g/mol. The molecule has 3 heteroatoms. The Morgan fingerprint density at radius 2 is 2.33 bits per heavy atom. The Labute approximate surface area is 73.3 Å². The van der Waals surface area contributed by atoms with E-state index in [0.29, 0.717) is 18.2 Å². The summed E-state index contributed by atoms with van der Waals surface area (Å²) in [6, 6.07) is 0.247. The number of nitrogens with two attached hydrogens (primary N) is 1. The molecule has 0 aromatic rings. The molecule has 12 heavy (non-hydrogen) atoms. The highest BCUT2D eigenvalue weighted by Gasteiger charge is 2.16. The summed E-state index contributed by atoms with van der Waals surface area (Å²) >= 11 is 0. The fourth-order valence-corrected chi connectivity index (χ4v) is 1.24. The second-order valence-corrected chi connectivity index (χ2v) is 2.85. The summed E-state index contributed by atoms with van der Waals surface area (Å²) in [4.78, 5) is 4.33. The van der Waals surface area contributed by atoms with Crippen LogP contribution in [0.5, 0.6) is 0 Å². The van der Waals surface area contributed by atoms with Gasteiger partial charge < -0.3 is 10.5 Å². The quantitative estimate of drug-likeness (QED) is 0.693. The first-order valence-corrected chi connectivity index (χ1v) is 4.46. The van der Waals surface area contributed by atoms with Crippen LogP contribution in [0.1, 0.15) is 26.7 Å². The Morgan fingerprint density at radius 1 is 1.58 bits per heavy atom. The Balaban J connectivity index is 2.54. The van der Waals surface area contributed by atoms with Crippen molar-refractivity contribution in [3.05, 3.63) is 11.8 Å². The molecule has 1 aliphatic rings. The van der Waals surface area contributed by atoms with Crippen LogP contribution >= 0.6 is 0 Å². The lowest BCUT2D eigenvalue weighted by Gasteiger charge is -2.02. The van der Waals surface area contributed by atoms with E-state index in [-0.39, 0.29) is 6.04 Å². The fourth-order valence-electron chi connectivity index (χ4n) is 1.24. The van der Waals surface area contributed by atoms with Gasteiger partial charge in [-0.15, -0.1) is 0 Å². The normalized spacial score (nSPS) is 22.0. The summed E-state index contributed by atoms with van der Waals surface area (Å²) in [5, 5.41) is 0. The molecule has 1 atom stereocenters. The van der Waals surface area contributed by atoms with Crippen molar-refractivity contribution in [1.82, 2.24) is 0 Å². The van der Waals surface area contributed by atoms with Crippen LogP contribution in [-0.2, 0) is 4.74 Å². The smallest absolute Gasteiger partial charge is 0.232 e. The van der Waals surface area contributed by atoms with Crippen LogP contribution < -0.4 is 5.73 Å². The maximum Gasteiger partial charge on any atom is 0.232 e. The van der Waals surface area contributed by atoms with Gasteiger partial charge in [-0.2, -0.15) is 0 Å². The van der Waals surface area contributed by atoms with E-state index in [0.717, 1.165) is 12.8 Å². The van der Waals surface area contributed by atoms with E-state index in [1.165, 1.54) is 0 Å². The van der Waals surface area contributed by atoms with Crippen molar-refractivity contribution in [3.63, 3.8) is 0 Å². The molecule has 0 aromatic heterocycles. The van der Waals surface area contributed by atoms with Gasteiger partial charge in [0.1, 0.15) is 0 Å². The van der Waals surface area contributed by atoms with Crippen molar-refractivity contribution in [2.24, 2.45) is 10.7 Å². The minimum Gasteiger partial charge on any atom is -0.477 e. The highest BCUT2D eigenvalue weighted by Crippen LogP contribution is 2.14. The predicted octanol–water partition coefficient (Wildman–Crippen LogP) is 1.45. The minimum atomic E-state index is 0.247. The zero-order chi connectivity index (χ0) is 8.97. The van der Waals surface area contributed by atoms with Gasteiger partial charge in [0, 0.05) is 0 Å². The number of rotatable bonds is 3.